The summed E-state index contributed by atoms with van der Waals surface area (Å²) in [4.78, 5) is 24.9. The average Bonchev–Trinajstić information content (AvgIpc) is 3.04. The van der Waals surface area contributed by atoms with E-state index in [0.717, 1.165) is 31.7 Å². The van der Waals surface area contributed by atoms with Gasteiger partial charge in [0.2, 0.25) is 11.8 Å². The molecule has 21 heavy (non-hydrogen) atoms. The zero-order chi connectivity index (χ0) is 15.1. The zero-order valence-corrected chi connectivity index (χ0v) is 12.9. The lowest BCUT2D eigenvalue weighted by molar-refractivity contribution is -0.135. The van der Waals surface area contributed by atoms with Gasteiger partial charge >= 0.3 is 0 Å². The van der Waals surface area contributed by atoms with E-state index in [1.807, 2.05) is 0 Å². The van der Waals surface area contributed by atoms with Gasteiger partial charge < -0.3 is 15.3 Å². The van der Waals surface area contributed by atoms with Gasteiger partial charge in [-0.25, -0.2) is 0 Å². The quantitative estimate of drug-likeness (QED) is 0.776. The van der Waals surface area contributed by atoms with E-state index in [0.29, 0.717) is 25.4 Å². The standard InChI is InChI=1S/C16H28N2O3/c19-12-16(21)18-9-7-14(8-10-18)11-17-15(20)6-5-13-3-1-2-4-13/h13-14,19H,1-12H2,(H,17,20). The van der Waals surface area contributed by atoms with Crippen molar-refractivity contribution in [3.8, 4) is 0 Å². The Labute approximate surface area is 127 Å². The van der Waals surface area contributed by atoms with Crippen molar-refractivity contribution < 1.29 is 14.7 Å². The number of rotatable bonds is 6. The highest BCUT2D eigenvalue weighted by molar-refractivity contribution is 5.77. The minimum absolute atomic E-state index is 0.177. The van der Waals surface area contributed by atoms with Crippen LogP contribution in [-0.2, 0) is 9.59 Å². The molecule has 2 amide bonds. The minimum Gasteiger partial charge on any atom is -0.387 e. The van der Waals surface area contributed by atoms with Crippen molar-refractivity contribution in [1.82, 2.24) is 10.2 Å². The van der Waals surface area contributed by atoms with Gasteiger partial charge in [0.15, 0.2) is 0 Å². The lowest BCUT2D eigenvalue weighted by Gasteiger charge is -2.31. The Bertz CT molecular complexity index is 345. The maximum atomic E-state index is 11.9. The molecule has 5 heteroatoms. The summed E-state index contributed by atoms with van der Waals surface area (Å²) >= 11 is 0. The van der Waals surface area contributed by atoms with Crippen LogP contribution < -0.4 is 5.32 Å². The van der Waals surface area contributed by atoms with Crippen LogP contribution in [0.2, 0.25) is 0 Å². The molecule has 1 aliphatic carbocycles. The fraction of sp³-hybridized carbons (Fsp3) is 0.875. The number of hydrogen-bond acceptors (Lipinski definition) is 3. The molecule has 2 N–H and O–H groups in total. The van der Waals surface area contributed by atoms with Crippen LogP contribution in [0, 0.1) is 11.8 Å². The highest BCUT2D eigenvalue weighted by Crippen LogP contribution is 2.28. The third kappa shape index (κ3) is 5.30. The molecule has 2 rings (SSSR count). The molecule has 0 aromatic rings. The Balaban J connectivity index is 1.56. The summed E-state index contributed by atoms with van der Waals surface area (Å²) in [7, 11) is 0. The lowest BCUT2D eigenvalue weighted by Crippen LogP contribution is -2.42. The van der Waals surface area contributed by atoms with Gasteiger partial charge in [0.25, 0.3) is 0 Å². The highest BCUT2D eigenvalue weighted by atomic mass is 16.3. The largest absolute Gasteiger partial charge is 0.387 e. The molecule has 1 saturated heterocycles. The Kier molecular flexibility index (Phi) is 6.49. The molecule has 1 heterocycles. The summed E-state index contributed by atoms with van der Waals surface area (Å²) in [6, 6.07) is 0. The van der Waals surface area contributed by atoms with Gasteiger partial charge in [-0.15, -0.1) is 0 Å². The van der Waals surface area contributed by atoms with Crippen LogP contribution in [0.1, 0.15) is 51.4 Å². The van der Waals surface area contributed by atoms with E-state index < -0.39 is 6.61 Å². The van der Waals surface area contributed by atoms with E-state index in [1.54, 1.807) is 4.90 Å². The molecule has 0 spiro atoms. The van der Waals surface area contributed by atoms with Crippen LogP contribution >= 0.6 is 0 Å². The van der Waals surface area contributed by atoms with Crippen molar-refractivity contribution in [1.29, 1.82) is 0 Å². The third-order valence-electron chi connectivity index (χ3n) is 4.94. The summed E-state index contributed by atoms with van der Waals surface area (Å²) in [5.74, 6) is 1.22. The van der Waals surface area contributed by atoms with Gasteiger partial charge in [0.05, 0.1) is 0 Å². The topological polar surface area (TPSA) is 69.6 Å². The second-order valence-electron chi connectivity index (χ2n) is 6.48. The second kappa shape index (κ2) is 8.37. The van der Waals surface area contributed by atoms with Crippen molar-refractivity contribution in [2.75, 3.05) is 26.2 Å². The average molecular weight is 296 g/mol. The molecule has 1 aliphatic heterocycles. The Morgan fingerprint density at radius 2 is 1.71 bits per heavy atom. The fourth-order valence-corrected chi connectivity index (χ4v) is 3.47. The number of likely N-dealkylation sites (tertiary alicyclic amines) is 1. The molecule has 120 valence electrons. The fourth-order valence-electron chi connectivity index (χ4n) is 3.47. The Morgan fingerprint density at radius 3 is 2.33 bits per heavy atom. The first-order valence-corrected chi connectivity index (χ1v) is 8.34. The first-order chi connectivity index (χ1) is 10.2. The number of piperidine rings is 1. The molecule has 0 radical (unpaired) electrons. The number of nitrogens with one attached hydrogen (secondary N) is 1. The van der Waals surface area contributed by atoms with Gasteiger partial charge in [0.1, 0.15) is 6.61 Å². The van der Waals surface area contributed by atoms with Crippen LogP contribution in [0.15, 0.2) is 0 Å². The molecule has 0 aromatic carbocycles. The lowest BCUT2D eigenvalue weighted by atomic mass is 9.96. The van der Waals surface area contributed by atoms with Crippen LogP contribution in [-0.4, -0.2) is 48.1 Å². The van der Waals surface area contributed by atoms with E-state index in [1.165, 1.54) is 25.7 Å². The first-order valence-electron chi connectivity index (χ1n) is 8.34. The van der Waals surface area contributed by atoms with Crippen molar-refractivity contribution in [3.05, 3.63) is 0 Å². The summed E-state index contributed by atoms with van der Waals surface area (Å²) in [5, 5.41) is 11.9. The van der Waals surface area contributed by atoms with Crippen molar-refractivity contribution in [2.45, 2.75) is 51.4 Å². The third-order valence-corrected chi connectivity index (χ3v) is 4.94. The number of hydrogen-bond donors (Lipinski definition) is 2. The van der Waals surface area contributed by atoms with E-state index in [9.17, 15) is 9.59 Å². The predicted octanol–water partition coefficient (Wildman–Crippen LogP) is 1.30. The van der Waals surface area contributed by atoms with E-state index in [-0.39, 0.29) is 11.8 Å². The first kappa shape index (κ1) is 16.3. The van der Waals surface area contributed by atoms with Crippen LogP contribution in [0.4, 0.5) is 0 Å². The molecule has 5 nitrogen and oxygen atoms in total. The predicted molar refractivity (Wildman–Crippen MR) is 80.6 cm³/mol. The van der Waals surface area contributed by atoms with Gasteiger partial charge in [0, 0.05) is 26.1 Å². The number of aliphatic hydroxyl groups excluding tert-OH is 1. The maximum absolute atomic E-state index is 11.9. The number of nitrogens with zero attached hydrogens (tertiary/aromatic N) is 1. The van der Waals surface area contributed by atoms with Gasteiger partial charge in [-0.2, -0.15) is 0 Å². The maximum Gasteiger partial charge on any atom is 0.248 e. The van der Waals surface area contributed by atoms with Gasteiger partial charge in [-0.3, -0.25) is 9.59 Å². The number of carbonyl (C=O) groups excluding carboxylic acids is 2. The second-order valence-corrected chi connectivity index (χ2v) is 6.48. The van der Waals surface area contributed by atoms with Gasteiger partial charge in [-0.1, -0.05) is 25.7 Å². The zero-order valence-electron chi connectivity index (χ0n) is 12.9. The minimum atomic E-state index is -0.400. The molecule has 2 fully saturated rings. The number of carbonyl (C=O) groups is 2. The molecule has 0 aromatic heterocycles. The molecule has 0 atom stereocenters. The SMILES string of the molecule is O=C(CCC1CCCC1)NCC1CCN(C(=O)CO)CC1. The van der Waals surface area contributed by atoms with Crippen molar-refractivity contribution >= 4 is 11.8 Å². The number of amides is 2. The Hall–Kier alpha value is -1.10. The molecule has 0 unspecified atom stereocenters. The van der Waals surface area contributed by atoms with Crippen molar-refractivity contribution in [2.24, 2.45) is 11.8 Å². The molecule has 0 bridgehead atoms. The van der Waals surface area contributed by atoms with E-state index in [2.05, 4.69) is 5.32 Å². The molecular weight excluding hydrogens is 268 g/mol. The smallest absolute Gasteiger partial charge is 0.248 e. The summed E-state index contributed by atoms with van der Waals surface area (Å²) in [6.45, 7) is 1.72. The van der Waals surface area contributed by atoms with Crippen LogP contribution in [0.5, 0.6) is 0 Å². The number of aliphatic hydroxyl groups is 1. The summed E-state index contributed by atoms with van der Waals surface area (Å²) in [5.41, 5.74) is 0. The monoisotopic (exact) mass is 296 g/mol. The Morgan fingerprint density at radius 1 is 1.05 bits per heavy atom. The van der Waals surface area contributed by atoms with Gasteiger partial charge in [-0.05, 0) is 31.1 Å². The van der Waals surface area contributed by atoms with E-state index in [4.69, 9.17) is 5.11 Å². The molecular formula is C16H28N2O3. The van der Waals surface area contributed by atoms with E-state index >= 15 is 0 Å². The highest BCUT2D eigenvalue weighted by Gasteiger charge is 2.22. The molecule has 1 saturated carbocycles. The molecule has 2 aliphatic rings. The van der Waals surface area contributed by atoms with Crippen LogP contribution in [0.25, 0.3) is 0 Å². The van der Waals surface area contributed by atoms with Crippen molar-refractivity contribution in [3.63, 3.8) is 0 Å². The normalized spacial score (nSPS) is 20.7. The summed E-state index contributed by atoms with van der Waals surface area (Å²) in [6.07, 6.45) is 8.77. The van der Waals surface area contributed by atoms with Crippen LogP contribution in [0.3, 0.4) is 0 Å². The summed E-state index contributed by atoms with van der Waals surface area (Å²) < 4.78 is 0.